The van der Waals surface area contributed by atoms with Crippen LogP contribution in [-0.2, 0) is 24.1 Å². The number of nitrogens with one attached hydrogen (secondary N) is 1. The zero-order valence-electron chi connectivity index (χ0n) is 15.8. The number of hydrogen-bond acceptors (Lipinski definition) is 3. The van der Waals surface area contributed by atoms with E-state index in [4.69, 9.17) is 11.6 Å². The maximum atomic E-state index is 12.6. The summed E-state index contributed by atoms with van der Waals surface area (Å²) in [6, 6.07) is 12.1. The molecule has 0 unspecified atom stereocenters. The first-order valence-electron chi connectivity index (χ1n) is 9.13. The zero-order chi connectivity index (χ0) is 19.4. The van der Waals surface area contributed by atoms with Crippen LogP contribution in [0.25, 0.3) is 10.6 Å². The van der Waals surface area contributed by atoms with Crippen molar-refractivity contribution in [2.75, 3.05) is 5.32 Å². The predicted molar refractivity (Wildman–Crippen MR) is 115 cm³/mol. The summed E-state index contributed by atoms with van der Waals surface area (Å²) in [5.74, 6) is -0.0669. The van der Waals surface area contributed by atoms with Gasteiger partial charge >= 0.3 is 0 Å². The third-order valence-corrected chi connectivity index (χ3v) is 5.79. The van der Waals surface area contributed by atoms with E-state index in [1.165, 1.54) is 5.56 Å². The van der Waals surface area contributed by atoms with E-state index in [1.54, 1.807) is 11.3 Å². The van der Waals surface area contributed by atoms with Gasteiger partial charge in [0.05, 0.1) is 12.1 Å². The summed E-state index contributed by atoms with van der Waals surface area (Å²) < 4.78 is 0. The molecule has 0 fully saturated rings. The monoisotopic (exact) mass is 398 g/mol. The fourth-order valence-corrected chi connectivity index (χ4v) is 4.22. The van der Waals surface area contributed by atoms with Crippen LogP contribution in [0.3, 0.4) is 0 Å². The SMILES string of the molecule is CCc1ccc(Cl)c(CC)c1NC(=O)Cc1csc(-c2cccc(C)c2)n1. The Bertz CT molecular complexity index is 965. The molecule has 0 atom stereocenters. The van der Waals surface area contributed by atoms with Crippen LogP contribution in [0.1, 0.15) is 36.2 Å². The molecule has 0 radical (unpaired) electrons. The number of rotatable bonds is 6. The minimum atomic E-state index is -0.0669. The van der Waals surface area contributed by atoms with Gasteiger partial charge in [0, 0.05) is 21.7 Å². The fourth-order valence-electron chi connectivity index (χ4n) is 3.11. The lowest BCUT2D eigenvalue weighted by Gasteiger charge is -2.15. The summed E-state index contributed by atoms with van der Waals surface area (Å²) >= 11 is 7.89. The summed E-state index contributed by atoms with van der Waals surface area (Å²) in [7, 11) is 0. The third-order valence-electron chi connectivity index (χ3n) is 4.50. The first kappa shape index (κ1) is 19.6. The molecule has 2 aromatic carbocycles. The molecule has 140 valence electrons. The average Bonchev–Trinajstić information content (AvgIpc) is 3.10. The molecule has 5 heteroatoms. The Kier molecular flexibility index (Phi) is 6.30. The Morgan fingerprint density at radius 1 is 1.19 bits per heavy atom. The molecular formula is C22H23ClN2OS. The van der Waals surface area contributed by atoms with Crippen LogP contribution in [-0.4, -0.2) is 10.9 Å². The second-order valence-corrected chi connectivity index (χ2v) is 7.77. The van der Waals surface area contributed by atoms with Crippen molar-refractivity contribution in [2.24, 2.45) is 0 Å². The quantitative estimate of drug-likeness (QED) is 0.546. The first-order chi connectivity index (χ1) is 13.0. The maximum Gasteiger partial charge on any atom is 0.230 e. The summed E-state index contributed by atoms with van der Waals surface area (Å²) in [6.45, 7) is 6.19. The van der Waals surface area contributed by atoms with E-state index < -0.39 is 0 Å². The number of carbonyl (C=O) groups excluding carboxylic acids is 1. The molecule has 1 N–H and O–H groups in total. The van der Waals surface area contributed by atoms with Gasteiger partial charge in [-0.25, -0.2) is 4.98 Å². The largest absolute Gasteiger partial charge is 0.325 e. The van der Waals surface area contributed by atoms with Gasteiger partial charge in [0.2, 0.25) is 5.91 Å². The van der Waals surface area contributed by atoms with E-state index in [2.05, 4.69) is 36.3 Å². The lowest BCUT2D eigenvalue weighted by molar-refractivity contribution is -0.115. The maximum absolute atomic E-state index is 12.6. The minimum absolute atomic E-state index is 0.0669. The van der Waals surface area contributed by atoms with Crippen molar-refractivity contribution >= 4 is 34.5 Å². The van der Waals surface area contributed by atoms with Gasteiger partial charge in [-0.1, -0.05) is 55.3 Å². The standard InChI is InChI=1S/C22H23ClN2OS/c1-4-15-9-10-19(23)18(5-2)21(15)25-20(26)12-17-13-27-22(24-17)16-8-6-7-14(3)11-16/h6-11,13H,4-5,12H2,1-3H3,(H,25,26). The number of hydrogen-bond donors (Lipinski definition) is 1. The van der Waals surface area contributed by atoms with Crippen molar-refractivity contribution in [3.8, 4) is 10.6 Å². The molecular weight excluding hydrogens is 376 g/mol. The highest BCUT2D eigenvalue weighted by Gasteiger charge is 2.15. The van der Waals surface area contributed by atoms with Crippen molar-refractivity contribution in [3.63, 3.8) is 0 Å². The van der Waals surface area contributed by atoms with E-state index in [9.17, 15) is 4.79 Å². The summed E-state index contributed by atoms with van der Waals surface area (Å²) in [6.07, 6.45) is 1.87. The Morgan fingerprint density at radius 3 is 2.70 bits per heavy atom. The van der Waals surface area contributed by atoms with Crippen molar-refractivity contribution in [3.05, 3.63) is 69.2 Å². The summed E-state index contributed by atoms with van der Waals surface area (Å²) in [5, 5.41) is 6.66. The fraction of sp³-hybridized carbons (Fsp3) is 0.273. The number of anilines is 1. The predicted octanol–water partition coefficient (Wildman–Crippen LogP) is 6.08. The molecule has 3 aromatic rings. The minimum Gasteiger partial charge on any atom is -0.325 e. The van der Waals surface area contributed by atoms with E-state index >= 15 is 0 Å². The van der Waals surface area contributed by atoms with Gasteiger partial charge in [-0.3, -0.25) is 4.79 Å². The lowest BCUT2D eigenvalue weighted by Crippen LogP contribution is -2.17. The third kappa shape index (κ3) is 4.57. The summed E-state index contributed by atoms with van der Waals surface area (Å²) in [4.78, 5) is 17.3. The molecule has 27 heavy (non-hydrogen) atoms. The van der Waals surface area contributed by atoms with Crippen LogP contribution in [0.15, 0.2) is 41.8 Å². The normalized spacial score (nSPS) is 10.8. The number of carbonyl (C=O) groups is 1. The Labute approximate surface area is 169 Å². The number of benzene rings is 2. The Balaban J connectivity index is 1.77. The lowest BCUT2D eigenvalue weighted by atomic mass is 10.0. The highest BCUT2D eigenvalue weighted by molar-refractivity contribution is 7.13. The number of nitrogens with zero attached hydrogens (tertiary/aromatic N) is 1. The summed E-state index contributed by atoms with van der Waals surface area (Å²) in [5.41, 5.74) is 6.01. The number of amides is 1. The van der Waals surface area contributed by atoms with E-state index in [-0.39, 0.29) is 12.3 Å². The molecule has 0 spiro atoms. The van der Waals surface area contributed by atoms with Crippen LogP contribution >= 0.6 is 22.9 Å². The van der Waals surface area contributed by atoms with Crippen LogP contribution in [0, 0.1) is 6.92 Å². The first-order valence-corrected chi connectivity index (χ1v) is 10.4. The Morgan fingerprint density at radius 2 is 2.00 bits per heavy atom. The highest BCUT2D eigenvalue weighted by atomic mass is 35.5. The molecule has 0 saturated heterocycles. The number of thiazole rings is 1. The van der Waals surface area contributed by atoms with Crippen molar-refractivity contribution in [1.29, 1.82) is 0 Å². The van der Waals surface area contributed by atoms with Gasteiger partial charge in [-0.05, 0) is 43.0 Å². The molecule has 0 bridgehead atoms. The second-order valence-electron chi connectivity index (χ2n) is 6.51. The number of aromatic nitrogens is 1. The highest BCUT2D eigenvalue weighted by Crippen LogP contribution is 2.30. The molecule has 0 aliphatic rings. The molecule has 0 aliphatic carbocycles. The van der Waals surface area contributed by atoms with E-state index in [1.807, 2.05) is 36.6 Å². The van der Waals surface area contributed by atoms with Gasteiger partial charge < -0.3 is 5.32 Å². The second kappa shape index (κ2) is 8.68. The smallest absolute Gasteiger partial charge is 0.230 e. The van der Waals surface area contributed by atoms with Crippen LogP contribution in [0.5, 0.6) is 0 Å². The number of halogens is 1. The molecule has 1 aromatic heterocycles. The van der Waals surface area contributed by atoms with Gasteiger partial charge in [0.15, 0.2) is 0 Å². The van der Waals surface area contributed by atoms with Gasteiger partial charge in [-0.15, -0.1) is 11.3 Å². The Hall–Kier alpha value is -2.17. The zero-order valence-corrected chi connectivity index (χ0v) is 17.4. The average molecular weight is 399 g/mol. The topological polar surface area (TPSA) is 42.0 Å². The number of aryl methyl sites for hydroxylation is 2. The molecule has 3 nitrogen and oxygen atoms in total. The molecule has 0 aliphatic heterocycles. The van der Waals surface area contributed by atoms with E-state index in [0.717, 1.165) is 45.9 Å². The molecule has 1 heterocycles. The molecule has 3 rings (SSSR count). The van der Waals surface area contributed by atoms with Gasteiger partial charge in [0.25, 0.3) is 0 Å². The van der Waals surface area contributed by atoms with Crippen LogP contribution < -0.4 is 5.32 Å². The van der Waals surface area contributed by atoms with E-state index in [0.29, 0.717) is 5.02 Å². The molecule has 1 amide bonds. The molecule has 0 saturated carbocycles. The van der Waals surface area contributed by atoms with Gasteiger partial charge in [-0.2, -0.15) is 0 Å². The van der Waals surface area contributed by atoms with Crippen LogP contribution in [0.2, 0.25) is 5.02 Å². The van der Waals surface area contributed by atoms with Crippen molar-refractivity contribution in [1.82, 2.24) is 4.98 Å². The van der Waals surface area contributed by atoms with Gasteiger partial charge in [0.1, 0.15) is 5.01 Å². The van der Waals surface area contributed by atoms with Crippen molar-refractivity contribution in [2.45, 2.75) is 40.0 Å². The van der Waals surface area contributed by atoms with Crippen molar-refractivity contribution < 1.29 is 4.79 Å². The van der Waals surface area contributed by atoms with Crippen LogP contribution in [0.4, 0.5) is 5.69 Å².